The number of nitrogens with zero attached hydrogens (tertiary/aromatic N) is 3. The summed E-state index contributed by atoms with van der Waals surface area (Å²) in [5.41, 5.74) is -0.712. The molecule has 7 nitrogen and oxygen atoms in total. The standard InChI is InChI=1S/C22H22FN3O4/c1-2-18(21(28)24-10-12-30-13-11-24)26-19-9-4-3-8-17(19)20(27)25(22(26)29)16-7-5-6-15(23)14-16/h3-9,14,18H,2,10-13H2,1H3. The van der Waals surface area contributed by atoms with Crippen LogP contribution in [-0.4, -0.2) is 46.2 Å². The molecule has 2 aromatic carbocycles. The second-order valence-electron chi connectivity index (χ2n) is 7.15. The molecule has 4 rings (SSSR count). The lowest BCUT2D eigenvalue weighted by Gasteiger charge is -2.31. The van der Waals surface area contributed by atoms with E-state index in [1.54, 1.807) is 29.2 Å². The van der Waals surface area contributed by atoms with Crippen LogP contribution >= 0.6 is 0 Å². The molecule has 1 aromatic heterocycles. The van der Waals surface area contributed by atoms with Gasteiger partial charge in [0.25, 0.3) is 5.56 Å². The molecule has 0 bridgehead atoms. The van der Waals surface area contributed by atoms with Gasteiger partial charge >= 0.3 is 5.69 Å². The van der Waals surface area contributed by atoms with Crippen molar-refractivity contribution in [2.75, 3.05) is 26.3 Å². The highest BCUT2D eigenvalue weighted by molar-refractivity contribution is 5.84. The van der Waals surface area contributed by atoms with E-state index in [0.29, 0.717) is 38.2 Å². The van der Waals surface area contributed by atoms with Gasteiger partial charge in [-0.25, -0.2) is 13.8 Å². The topological polar surface area (TPSA) is 73.5 Å². The third-order valence-corrected chi connectivity index (χ3v) is 5.37. The minimum Gasteiger partial charge on any atom is -0.378 e. The SMILES string of the molecule is CCC(C(=O)N1CCOCC1)n1c(=O)n(-c2cccc(F)c2)c(=O)c2ccccc21. The Balaban J connectivity index is 1.98. The maximum Gasteiger partial charge on any atom is 0.336 e. The number of morpholine rings is 1. The van der Waals surface area contributed by atoms with E-state index in [4.69, 9.17) is 4.74 Å². The Morgan fingerprint density at radius 3 is 2.53 bits per heavy atom. The minimum atomic E-state index is -0.791. The van der Waals surface area contributed by atoms with E-state index >= 15 is 0 Å². The Morgan fingerprint density at radius 1 is 1.10 bits per heavy atom. The van der Waals surface area contributed by atoms with Crippen molar-refractivity contribution in [3.63, 3.8) is 0 Å². The molecule has 1 saturated heterocycles. The summed E-state index contributed by atoms with van der Waals surface area (Å²) >= 11 is 0. The molecule has 156 valence electrons. The number of benzene rings is 2. The fraction of sp³-hybridized carbons (Fsp3) is 0.318. The summed E-state index contributed by atoms with van der Waals surface area (Å²) in [5.74, 6) is -0.757. The molecule has 1 unspecified atom stereocenters. The average molecular weight is 411 g/mol. The Bertz CT molecular complexity index is 1210. The molecule has 1 aliphatic heterocycles. The predicted octanol–water partition coefficient (Wildman–Crippen LogP) is 2.10. The number of fused-ring (bicyclic) bond motifs is 1. The number of hydrogen-bond donors (Lipinski definition) is 0. The first kappa shape index (κ1) is 20.0. The van der Waals surface area contributed by atoms with Crippen molar-refractivity contribution in [1.29, 1.82) is 0 Å². The first-order valence-electron chi connectivity index (χ1n) is 9.91. The number of carbonyl (C=O) groups excluding carboxylic acids is 1. The molecule has 1 fully saturated rings. The Kier molecular flexibility index (Phi) is 5.50. The highest BCUT2D eigenvalue weighted by Gasteiger charge is 2.29. The smallest absolute Gasteiger partial charge is 0.336 e. The summed E-state index contributed by atoms with van der Waals surface area (Å²) in [5, 5.41) is 0.287. The van der Waals surface area contributed by atoms with Gasteiger partial charge in [-0.05, 0) is 36.8 Å². The van der Waals surface area contributed by atoms with Gasteiger partial charge in [-0.3, -0.25) is 14.2 Å². The van der Waals surface area contributed by atoms with Gasteiger partial charge in [0.15, 0.2) is 0 Å². The van der Waals surface area contributed by atoms with Gasteiger partial charge in [0, 0.05) is 13.1 Å². The lowest BCUT2D eigenvalue weighted by atomic mass is 10.1. The van der Waals surface area contributed by atoms with Gasteiger partial charge < -0.3 is 9.64 Å². The van der Waals surface area contributed by atoms with Gasteiger partial charge in [0.2, 0.25) is 5.91 Å². The minimum absolute atomic E-state index is 0.123. The van der Waals surface area contributed by atoms with E-state index in [0.717, 1.165) is 10.6 Å². The molecule has 0 radical (unpaired) electrons. The summed E-state index contributed by atoms with van der Waals surface area (Å²) in [6.07, 6.45) is 0.363. The van der Waals surface area contributed by atoms with Crippen LogP contribution in [0, 0.1) is 5.82 Å². The normalized spacial score (nSPS) is 15.3. The first-order chi connectivity index (χ1) is 14.5. The highest BCUT2D eigenvalue weighted by atomic mass is 19.1. The maximum absolute atomic E-state index is 13.8. The molecule has 0 saturated carbocycles. The molecule has 8 heteroatoms. The summed E-state index contributed by atoms with van der Waals surface area (Å²) in [4.78, 5) is 41.6. The molecule has 0 spiro atoms. The van der Waals surface area contributed by atoms with Crippen LogP contribution in [0.3, 0.4) is 0 Å². The van der Waals surface area contributed by atoms with Crippen LogP contribution in [0.15, 0.2) is 58.1 Å². The highest BCUT2D eigenvalue weighted by Crippen LogP contribution is 2.20. The van der Waals surface area contributed by atoms with E-state index < -0.39 is 23.1 Å². The monoisotopic (exact) mass is 411 g/mol. The van der Waals surface area contributed by atoms with Crippen LogP contribution in [0.1, 0.15) is 19.4 Å². The maximum atomic E-state index is 13.8. The van der Waals surface area contributed by atoms with E-state index in [1.807, 2.05) is 6.92 Å². The summed E-state index contributed by atoms with van der Waals surface area (Å²) in [6, 6.07) is 11.2. The van der Waals surface area contributed by atoms with Crippen LogP contribution in [0.25, 0.3) is 16.6 Å². The largest absolute Gasteiger partial charge is 0.378 e. The molecular formula is C22H22FN3O4. The van der Waals surface area contributed by atoms with Gasteiger partial charge in [-0.1, -0.05) is 25.1 Å². The number of rotatable bonds is 4. The molecule has 2 heterocycles. The van der Waals surface area contributed by atoms with Crippen molar-refractivity contribution < 1.29 is 13.9 Å². The third kappa shape index (κ3) is 3.43. The second kappa shape index (κ2) is 8.23. The van der Waals surface area contributed by atoms with Crippen LogP contribution < -0.4 is 11.2 Å². The number of para-hydroxylation sites is 1. The summed E-state index contributed by atoms with van der Waals surface area (Å²) in [6.45, 7) is 3.61. The van der Waals surface area contributed by atoms with Gasteiger partial charge in [0.1, 0.15) is 11.9 Å². The molecular weight excluding hydrogens is 389 g/mol. The van der Waals surface area contributed by atoms with Crippen LogP contribution in [0.4, 0.5) is 4.39 Å². The lowest BCUT2D eigenvalue weighted by molar-refractivity contribution is -0.139. The van der Waals surface area contributed by atoms with E-state index in [2.05, 4.69) is 0 Å². The van der Waals surface area contributed by atoms with Crippen molar-refractivity contribution in [2.24, 2.45) is 0 Å². The molecule has 1 aliphatic rings. The molecule has 0 N–H and O–H groups in total. The lowest BCUT2D eigenvalue weighted by Crippen LogP contribution is -2.48. The average Bonchev–Trinajstić information content (AvgIpc) is 2.77. The number of carbonyl (C=O) groups is 1. The molecule has 30 heavy (non-hydrogen) atoms. The van der Waals surface area contributed by atoms with E-state index in [1.165, 1.54) is 22.8 Å². The summed E-state index contributed by atoms with van der Waals surface area (Å²) in [7, 11) is 0. The fourth-order valence-electron chi connectivity index (χ4n) is 3.89. The zero-order chi connectivity index (χ0) is 21.3. The van der Waals surface area contributed by atoms with Crippen molar-refractivity contribution in [3.8, 4) is 5.69 Å². The van der Waals surface area contributed by atoms with Gasteiger partial charge in [0.05, 0.1) is 29.8 Å². The predicted molar refractivity (Wildman–Crippen MR) is 110 cm³/mol. The number of aromatic nitrogens is 2. The Labute approximate surface area is 171 Å². The first-order valence-corrected chi connectivity index (χ1v) is 9.91. The van der Waals surface area contributed by atoms with E-state index in [9.17, 15) is 18.8 Å². The Morgan fingerprint density at radius 2 is 1.83 bits per heavy atom. The number of amides is 1. The van der Waals surface area contributed by atoms with Gasteiger partial charge in [-0.15, -0.1) is 0 Å². The molecule has 1 atom stereocenters. The number of halogens is 1. The molecule has 3 aromatic rings. The number of ether oxygens (including phenoxy) is 1. The zero-order valence-electron chi connectivity index (χ0n) is 16.6. The van der Waals surface area contributed by atoms with Crippen molar-refractivity contribution >= 4 is 16.8 Å². The Hall–Kier alpha value is -3.26. The molecule has 1 amide bonds. The fourth-order valence-corrected chi connectivity index (χ4v) is 3.89. The third-order valence-electron chi connectivity index (χ3n) is 5.37. The van der Waals surface area contributed by atoms with Gasteiger partial charge in [-0.2, -0.15) is 0 Å². The van der Waals surface area contributed by atoms with Crippen molar-refractivity contribution in [2.45, 2.75) is 19.4 Å². The molecule has 0 aliphatic carbocycles. The van der Waals surface area contributed by atoms with E-state index in [-0.39, 0.29) is 17.0 Å². The summed E-state index contributed by atoms with van der Waals surface area (Å²) < 4.78 is 21.4. The number of hydrogen-bond acceptors (Lipinski definition) is 4. The quantitative estimate of drug-likeness (QED) is 0.659. The van der Waals surface area contributed by atoms with Crippen molar-refractivity contribution in [1.82, 2.24) is 14.0 Å². The van der Waals surface area contributed by atoms with Crippen LogP contribution in [0.5, 0.6) is 0 Å². The zero-order valence-corrected chi connectivity index (χ0v) is 16.6. The van der Waals surface area contributed by atoms with Crippen LogP contribution in [-0.2, 0) is 9.53 Å². The van der Waals surface area contributed by atoms with Crippen molar-refractivity contribution in [3.05, 3.63) is 75.2 Å². The van der Waals surface area contributed by atoms with Crippen LogP contribution in [0.2, 0.25) is 0 Å². The second-order valence-corrected chi connectivity index (χ2v) is 7.15.